The second kappa shape index (κ2) is 6.50. The Kier molecular flexibility index (Phi) is 4.66. The fourth-order valence-corrected chi connectivity index (χ4v) is 4.83. The largest absolute Gasteiger partial charge is 0.328 e. The van der Waals surface area contributed by atoms with Crippen molar-refractivity contribution in [1.29, 1.82) is 0 Å². The van der Waals surface area contributed by atoms with E-state index < -0.39 is 0 Å². The van der Waals surface area contributed by atoms with Gasteiger partial charge >= 0.3 is 0 Å². The van der Waals surface area contributed by atoms with Crippen LogP contribution in [0.3, 0.4) is 0 Å². The van der Waals surface area contributed by atoms with Crippen LogP contribution in [0.5, 0.6) is 0 Å². The summed E-state index contributed by atoms with van der Waals surface area (Å²) in [7, 11) is 0. The molecule has 21 heavy (non-hydrogen) atoms. The number of rotatable bonds is 4. The number of hydrogen-bond donors (Lipinski definition) is 1. The third-order valence-electron chi connectivity index (χ3n) is 5.80. The molecule has 0 saturated heterocycles. The monoisotopic (exact) mass is 286 g/mol. The standard InChI is InChI=1S/C19H30N2/c1-2-21(17-11-4-3-5-12-17)19(15-20)14-8-10-16-9-6-7-13-18(16)19/h6-7,9,13,17H,2-5,8,10-12,14-15,20H2,1H3. The minimum absolute atomic E-state index is 0.0889. The summed E-state index contributed by atoms with van der Waals surface area (Å²) in [6.45, 7) is 4.20. The molecule has 1 saturated carbocycles. The third kappa shape index (κ3) is 2.64. The van der Waals surface area contributed by atoms with Gasteiger partial charge in [0.2, 0.25) is 0 Å². The summed E-state index contributed by atoms with van der Waals surface area (Å²) >= 11 is 0. The Hall–Kier alpha value is -0.860. The highest BCUT2D eigenvalue weighted by atomic mass is 15.2. The van der Waals surface area contributed by atoms with E-state index in [0.29, 0.717) is 0 Å². The molecule has 0 aliphatic heterocycles. The number of nitrogens with zero attached hydrogens (tertiary/aromatic N) is 1. The van der Waals surface area contributed by atoms with E-state index in [2.05, 4.69) is 36.1 Å². The maximum atomic E-state index is 6.39. The first-order valence-electron chi connectivity index (χ1n) is 8.87. The molecular formula is C19H30N2. The Labute approximate surface area is 129 Å². The van der Waals surface area contributed by atoms with Gasteiger partial charge in [0.1, 0.15) is 0 Å². The fraction of sp³-hybridized carbons (Fsp3) is 0.684. The molecular weight excluding hydrogens is 256 g/mol. The number of fused-ring (bicyclic) bond motifs is 1. The van der Waals surface area contributed by atoms with E-state index in [1.54, 1.807) is 0 Å². The normalized spacial score (nSPS) is 26.8. The lowest BCUT2D eigenvalue weighted by Crippen LogP contribution is -2.57. The molecule has 0 amide bonds. The summed E-state index contributed by atoms with van der Waals surface area (Å²) in [6, 6.07) is 9.77. The van der Waals surface area contributed by atoms with Gasteiger partial charge in [-0.3, -0.25) is 4.90 Å². The topological polar surface area (TPSA) is 29.3 Å². The molecule has 0 radical (unpaired) electrons. The highest BCUT2D eigenvalue weighted by molar-refractivity contribution is 5.37. The zero-order chi connectivity index (χ0) is 14.7. The van der Waals surface area contributed by atoms with Crippen molar-refractivity contribution >= 4 is 0 Å². The molecule has 2 aliphatic carbocycles. The summed E-state index contributed by atoms with van der Waals surface area (Å²) in [5.74, 6) is 0. The van der Waals surface area contributed by atoms with E-state index in [9.17, 15) is 0 Å². The average molecular weight is 286 g/mol. The Morgan fingerprint density at radius 1 is 1.14 bits per heavy atom. The minimum atomic E-state index is 0.0889. The van der Waals surface area contributed by atoms with E-state index in [4.69, 9.17) is 5.73 Å². The number of hydrogen-bond acceptors (Lipinski definition) is 2. The highest BCUT2D eigenvalue weighted by Crippen LogP contribution is 2.42. The molecule has 1 aromatic carbocycles. The van der Waals surface area contributed by atoms with Crippen molar-refractivity contribution in [2.24, 2.45) is 5.73 Å². The fourth-order valence-electron chi connectivity index (χ4n) is 4.83. The van der Waals surface area contributed by atoms with Crippen LogP contribution in [0.15, 0.2) is 24.3 Å². The first-order chi connectivity index (χ1) is 10.3. The van der Waals surface area contributed by atoms with Crippen LogP contribution in [0.4, 0.5) is 0 Å². The van der Waals surface area contributed by atoms with Crippen molar-refractivity contribution in [1.82, 2.24) is 4.90 Å². The molecule has 116 valence electrons. The second-order valence-electron chi connectivity index (χ2n) is 6.82. The van der Waals surface area contributed by atoms with Gasteiger partial charge in [0, 0.05) is 12.6 Å². The van der Waals surface area contributed by atoms with Crippen molar-refractivity contribution in [3.8, 4) is 0 Å². The summed E-state index contributed by atoms with van der Waals surface area (Å²) in [6.07, 6.45) is 10.6. The molecule has 2 heteroatoms. The average Bonchev–Trinajstić information content (AvgIpc) is 2.56. The number of likely N-dealkylation sites (N-methyl/N-ethyl adjacent to an activating group) is 1. The Balaban J connectivity index is 1.99. The molecule has 1 unspecified atom stereocenters. The van der Waals surface area contributed by atoms with Gasteiger partial charge in [0.25, 0.3) is 0 Å². The molecule has 3 rings (SSSR count). The predicted molar refractivity (Wildman–Crippen MR) is 89.4 cm³/mol. The Morgan fingerprint density at radius 3 is 2.62 bits per heavy atom. The van der Waals surface area contributed by atoms with E-state index in [1.807, 2.05) is 0 Å². The van der Waals surface area contributed by atoms with E-state index >= 15 is 0 Å². The molecule has 2 N–H and O–H groups in total. The lowest BCUT2D eigenvalue weighted by molar-refractivity contribution is 0.0196. The summed E-state index contributed by atoms with van der Waals surface area (Å²) in [4.78, 5) is 2.77. The third-order valence-corrected chi connectivity index (χ3v) is 5.80. The number of nitrogens with two attached hydrogens (primary N) is 1. The first kappa shape index (κ1) is 15.1. The van der Waals surface area contributed by atoms with E-state index in [1.165, 1.54) is 62.5 Å². The van der Waals surface area contributed by atoms with Crippen LogP contribution in [0, 0.1) is 0 Å². The summed E-state index contributed by atoms with van der Waals surface area (Å²) in [5, 5.41) is 0. The maximum Gasteiger partial charge on any atom is 0.0588 e. The maximum absolute atomic E-state index is 6.39. The van der Waals surface area contributed by atoms with Gasteiger partial charge in [-0.1, -0.05) is 50.5 Å². The van der Waals surface area contributed by atoms with Crippen molar-refractivity contribution in [2.75, 3.05) is 13.1 Å². The molecule has 1 aromatic rings. The molecule has 2 aliphatic rings. The van der Waals surface area contributed by atoms with Gasteiger partial charge in [-0.05, 0) is 49.8 Å². The highest BCUT2D eigenvalue weighted by Gasteiger charge is 2.42. The number of benzene rings is 1. The van der Waals surface area contributed by atoms with Crippen LogP contribution in [0.1, 0.15) is 63.0 Å². The molecule has 0 spiro atoms. The van der Waals surface area contributed by atoms with Crippen molar-refractivity contribution in [3.63, 3.8) is 0 Å². The van der Waals surface area contributed by atoms with Crippen LogP contribution in [-0.2, 0) is 12.0 Å². The molecule has 0 bridgehead atoms. The summed E-state index contributed by atoms with van der Waals surface area (Å²) < 4.78 is 0. The predicted octanol–water partition coefficient (Wildman–Crippen LogP) is 3.83. The molecule has 0 aromatic heterocycles. The van der Waals surface area contributed by atoms with Crippen molar-refractivity contribution in [3.05, 3.63) is 35.4 Å². The van der Waals surface area contributed by atoms with Crippen LogP contribution in [0.25, 0.3) is 0 Å². The Bertz CT molecular complexity index is 464. The zero-order valence-corrected chi connectivity index (χ0v) is 13.5. The molecule has 1 atom stereocenters. The zero-order valence-electron chi connectivity index (χ0n) is 13.5. The van der Waals surface area contributed by atoms with Gasteiger partial charge in [-0.25, -0.2) is 0 Å². The van der Waals surface area contributed by atoms with Gasteiger partial charge in [-0.2, -0.15) is 0 Å². The van der Waals surface area contributed by atoms with Crippen LogP contribution < -0.4 is 5.73 Å². The van der Waals surface area contributed by atoms with Gasteiger partial charge in [-0.15, -0.1) is 0 Å². The minimum Gasteiger partial charge on any atom is -0.328 e. The van der Waals surface area contributed by atoms with Crippen LogP contribution in [0.2, 0.25) is 0 Å². The van der Waals surface area contributed by atoms with Gasteiger partial charge in [0.15, 0.2) is 0 Å². The summed E-state index contributed by atoms with van der Waals surface area (Å²) in [5.41, 5.74) is 9.53. The van der Waals surface area contributed by atoms with Crippen LogP contribution >= 0.6 is 0 Å². The van der Waals surface area contributed by atoms with E-state index in [-0.39, 0.29) is 5.54 Å². The molecule has 0 heterocycles. The van der Waals surface area contributed by atoms with Crippen molar-refractivity contribution < 1.29 is 0 Å². The van der Waals surface area contributed by atoms with Gasteiger partial charge in [0.05, 0.1) is 5.54 Å². The SMILES string of the molecule is CCN(C1CCCCC1)C1(CN)CCCc2ccccc21. The molecule has 2 nitrogen and oxygen atoms in total. The Morgan fingerprint density at radius 2 is 1.90 bits per heavy atom. The van der Waals surface area contributed by atoms with Crippen molar-refractivity contribution in [2.45, 2.75) is 69.9 Å². The second-order valence-corrected chi connectivity index (χ2v) is 6.82. The lowest BCUT2D eigenvalue weighted by atomic mass is 9.73. The number of aryl methyl sites for hydroxylation is 1. The first-order valence-corrected chi connectivity index (χ1v) is 8.87. The van der Waals surface area contributed by atoms with Gasteiger partial charge < -0.3 is 5.73 Å². The van der Waals surface area contributed by atoms with Crippen LogP contribution in [-0.4, -0.2) is 24.0 Å². The van der Waals surface area contributed by atoms with E-state index in [0.717, 1.165) is 19.1 Å². The quantitative estimate of drug-likeness (QED) is 0.911. The smallest absolute Gasteiger partial charge is 0.0588 e. The molecule has 1 fully saturated rings. The lowest BCUT2D eigenvalue weighted by Gasteiger charge is -2.51.